The molecule has 1 aromatic heterocycles. The zero-order valence-corrected chi connectivity index (χ0v) is 11.2. The predicted molar refractivity (Wildman–Crippen MR) is 74.2 cm³/mol. The van der Waals surface area contributed by atoms with Crippen LogP contribution in [0, 0.1) is 6.85 Å². The molecule has 94 valence electrons. The van der Waals surface area contributed by atoms with E-state index in [0.717, 1.165) is 0 Å². The standard InChI is InChI=1S/C13H21BO2S/c1-7-10-8-11(9(2)17-10)14-15-12(3,4)13(5,6)16-14/h8H,7H2,1-6H3/i1D3,2D3,7D2. The van der Waals surface area contributed by atoms with Crippen LogP contribution in [0.3, 0.4) is 0 Å². The highest BCUT2D eigenvalue weighted by atomic mass is 32.1. The Morgan fingerprint density at radius 2 is 2.00 bits per heavy atom. The fraction of sp³-hybridized carbons (Fsp3) is 0.692. The van der Waals surface area contributed by atoms with Gasteiger partial charge in [0.2, 0.25) is 0 Å². The van der Waals surface area contributed by atoms with Gasteiger partial charge >= 0.3 is 7.12 Å². The molecule has 0 aliphatic carbocycles. The summed E-state index contributed by atoms with van der Waals surface area (Å²) in [5.74, 6) is 0. The van der Waals surface area contributed by atoms with Crippen LogP contribution < -0.4 is 5.46 Å². The summed E-state index contributed by atoms with van der Waals surface area (Å²) in [6.45, 7) is 1.81. The lowest BCUT2D eigenvalue weighted by Gasteiger charge is -2.32. The number of hydrogen-bond donors (Lipinski definition) is 0. The van der Waals surface area contributed by atoms with Gasteiger partial charge < -0.3 is 9.31 Å². The van der Waals surface area contributed by atoms with E-state index in [4.69, 9.17) is 20.3 Å². The third-order valence-corrected chi connectivity index (χ3v) is 4.27. The first-order valence-corrected chi connectivity index (χ1v) is 6.22. The second-order valence-corrected chi connectivity index (χ2v) is 6.16. The van der Waals surface area contributed by atoms with Crippen molar-refractivity contribution in [3.63, 3.8) is 0 Å². The van der Waals surface area contributed by atoms with Gasteiger partial charge in [0.25, 0.3) is 0 Å². The molecule has 0 spiro atoms. The van der Waals surface area contributed by atoms with E-state index in [9.17, 15) is 0 Å². The summed E-state index contributed by atoms with van der Waals surface area (Å²) in [4.78, 5) is -0.294. The Kier molecular flexibility index (Phi) is 1.50. The molecule has 0 aromatic carbocycles. The maximum absolute atomic E-state index is 7.91. The van der Waals surface area contributed by atoms with Gasteiger partial charge in [0.1, 0.15) is 0 Å². The molecule has 0 radical (unpaired) electrons. The van der Waals surface area contributed by atoms with Crippen molar-refractivity contribution in [2.45, 2.75) is 59.0 Å². The Morgan fingerprint density at radius 1 is 1.35 bits per heavy atom. The van der Waals surface area contributed by atoms with Gasteiger partial charge in [0.15, 0.2) is 0 Å². The summed E-state index contributed by atoms with van der Waals surface area (Å²) in [5.41, 5.74) is -1.24. The van der Waals surface area contributed by atoms with Crippen molar-refractivity contribution in [2.24, 2.45) is 0 Å². The summed E-state index contributed by atoms with van der Waals surface area (Å²) >= 11 is 0.630. The summed E-state index contributed by atoms with van der Waals surface area (Å²) in [5, 5.41) is 0. The van der Waals surface area contributed by atoms with Gasteiger partial charge in [-0.3, -0.25) is 0 Å². The first-order chi connectivity index (χ1) is 10.9. The fourth-order valence-electron chi connectivity index (χ4n) is 1.61. The minimum Gasteiger partial charge on any atom is -0.399 e. The molecular weight excluding hydrogens is 231 g/mol. The molecule has 4 heteroatoms. The molecule has 17 heavy (non-hydrogen) atoms. The summed E-state index contributed by atoms with van der Waals surface area (Å²) in [7, 11) is -1.00. The van der Waals surface area contributed by atoms with Crippen molar-refractivity contribution in [3.05, 3.63) is 15.8 Å². The molecule has 0 atom stereocenters. The van der Waals surface area contributed by atoms with Crippen LogP contribution in [0.5, 0.6) is 0 Å². The Balaban J connectivity index is 2.56. The van der Waals surface area contributed by atoms with Gasteiger partial charge in [-0.2, -0.15) is 0 Å². The predicted octanol–water partition coefficient (Wildman–Crippen LogP) is 2.92. The Labute approximate surface area is 120 Å². The molecule has 0 amide bonds. The Morgan fingerprint density at radius 3 is 2.53 bits per heavy atom. The van der Waals surface area contributed by atoms with Crippen LogP contribution in [-0.4, -0.2) is 18.3 Å². The molecular formula is C13H21BO2S. The van der Waals surface area contributed by atoms with E-state index >= 15 is 0 Å². The first-order valence-electron chi connectivity index (χ1n) is 9.40. The van der Waals surface area contributed by atoms with Crippen molar-refractivity contribution < 1.29 is 20.3 Å². The third-order valence-electron chi connectivity index (χ3n) is 3.39. The minimum atomic E-state index is -2.92. The van der Waals surface area contributed by atoms with Crippen molar-refractivity contribution in [3.8, 4) is 0 Å². The van der Waals surface area contributed by atoms with E-state index in [1.807, 2.05) is 27.7 Å². The van der Waals surface area contributed by atoms with Gasteiger partial charge in [0.05, 0.1) is 11.2 Å². The van der Waals surface area contributed by atoms with Gasteiger partial charge in [-0.1, -0.05) is 6.85 Å². The fourth-order valence-corrected chi connectivity index (χ4v) is 2.34. The summed E-state index contributed by atoms with van der Waals surface area (Å²) in [6.07, 6.45) is -2.67. The van der Waals surface area contributed by atoms with Crippen LogP contribution in [0.15, 0.2) is 6.07 Å². The van der Waals surface area contributed by atoms with Gasteiger partial charge in [-0.15, -0.1) is 11.3 Å². The zero-order valence-electron chi connectivity index (χ0n) is 18.4. The number of thiophene rings is 1. The highest BCUT2D eigenvalue weighted by Gasteiger charge is 2.52. The summed E-state index contributed by atoms with van der Waals surface area (Å²) in [6, 6.07) is 1.25. The monoisotopic (exact) mass is 260 g/mol. The number of hydrogen-bond acceptors (Lipinski definition) is 3. The second-order valence-electron chi connectivity index (χ2n) is 5.11. The van der Waals surface area contributed by atoms with Gasteiger partial charge in [0, 0.05) is 20.7 Å². The molecule has 2 heterocycles. The summed E-state index contributed by atoms with van der Waals surface area (Å²) < 4.78 is 72.9. The average Bonchev–Trinajstić information content (AvgIpc) is 2.88. The Bertz CT molecular complexity index is 646. The quantitative estimate of drug-likeness (QED) is 0.761. The van der Waals surface area contributed by atoms with Crippen LogP contribution in [0.2, 0.25) is 0 Å². The largest absolute Gasteiger partial charge is 0.495 e. The molecule has 1 saturated heterocycles. The molecule has 1 aromatic rings. The van der Waals surface area contributed by atoms with E-state index in [1.54, 1.807) is 0 Å². The smallest absolute Gasteiger partial charge is 0.399 e. The van der Waals surface area contributed by atoms with Gasteiger partial charge in [-0.05, 0) is 52.4 Å². The molecule has 0 N–H and O–H groups in total. The van der Waals surface area contributed by atoms with Crippen LogP contribution in [0.1, 0.15) is 55.3 Å². The number of rotatable bonds is 2. The topological polar surface area (TPSA) is 18.5 Å². The number of aryl methyl sites for hydroxylation is 2. The Hall–Kier alpha value is -0.315. The van der Waals surface area contributed by atoms with E-state index in [2.05, 4.69) is 0 Å². The molecule has 1 aliphatic heterocycles. The molecule has 0 saturated carbocycles. The van der Waals surface area contributed by atoms with Crippen LogP contribution in [0.4, 0.5) is 0 Å². The molecule has 1 aliphatic rings. The van der Waals surface area contributed by atoms with Crippen molar-refractivity contribution in [1.82, 2.24) is 0 Å². The van der Waals surface area contributed by atoms with Crippen molar-refractivity contribution in [2.75, 3.05) is 0 Å². The van der Waals surface area contributed by atoms with Crippen LogP contribution >= 0.6 is 11.3 Å². The molecule has 0 unspecified atom stereocenters. The van der Waals surface area contributed by atoms with Gasteiger partial charge in [-0.25, -0.2) is 0 Å². The van der Waals surface area contributed by atoms with Crippen LogP contribution in [0.25, 0.3) is 0 Å². The van der Waals surface area contributed by atoms with E-state index in [0.29, 0.717) is 11.3 Å². The van der Waals surface area contributed by atoms with E-state index < -0.39 is 38.4 Å². The highest BCUT2D eigenvalue weighted by molar-refractivity contribution is 7.13. The normalized spacial score (nSPS) is 31.4. The SMILES string of the molecule is [2H]C([2H])([2H])c1sc(C([2H])([2H])C([2H])([2H])[2H])cc1B1OC(C)(C)C(C)(C)O1. The third kappa shape index (κ3) is 2.18. The first kappa shape index (κ1) is 6.22. The lowest BCUT2D eigenvalue weighted by atomic mass is 9.79. The second kappa shape index (κ2) is 4.11. The lowest BCUT2D eigenvalue weighted by molar-refractivity contribution is 0.00578. The zero-order chi connectivity index (χ0) is 19.6. The molecule has 2 rings (SSSR count). The maximum atomic E-state index is 7.91. The molecule has 1 fully saturated rings. The highest BCUT2D eigenvalue weighted by Crippen LogP contribution is 2.37. The molecule has 2 nitrogen and oxygen atoms in total. The van der Waals surface area contributed by atoms with E-state index in [-0.39, 0.29) is 15.2 Å². The average molecular weight is 260 g/mol. The maximum Gasteiger partial charge on any atom is 0.495 e. The van der Waals surface area contributed by atoms with E-state index in [1.165, 1.54) is 6.07 Å². The minimum absolute atomic E-state index is 0.117. The van der Waals surface area contributed by atoms with Crippen molar-refractivity contribution in [1.29, 1.82) is 0 Å². The lowest BCUT2D eigenvalue weighted by Crippen LogP contribution is -2.41. The van der Waals surface area contributed by atoms with Crippen LogP contribution in [-0.2, 0) is 15.7 Å². The molecule has 0 bridgehead atoms. The van der Waals surface area contributed by atoms with Crippen molar-refractivity contribution >= 4 is 23.9 Å².